The highest BCUT2D eigenvalue weighted by atomic mass is 15.1. The van der Waals surface area contributed by atoms with Crippen molar-refractivity contribution in [3.8, 4) is 56.9 Å². The van der Waals surface area contributed by atoms with Gasteiger partial charge < -0.3 is 0 Å². The lowest BCUT2D eigenvalue weighted by molar-refractivity contribution is -0.661. The number of aromatic nitrogens is 15. The third-order valence-electron chi connectivity index (χ3n) is 18.8. The van der Waals surface area contributed by atoms with Gasteiger partial charge in [0.1, 0.15) is 31.0 Å². The van der Waals surface area contributed by atoms with Crippen molar-refractivity contribution >= 4 is 54.8 Å². The molecule has 0 aliphatic heterocycles. The molecule has 0 saturated heterocycles. The number of pyridine rings is 5. The molecule has 10 heterocycles. The number of nitrogens with zero attached hydrogens (tertiary/aromatic N) is 15. The van der Waals surface area contributed by atoms with Gasteiger partial charge in [-0.05, 0) is 195 Å². The highest BCUT2D eigenvalue weighted by Gasteiger charge is 2.25. The van der Waals surface area contributed by atoms with Gasteiger partial charge in [-0.2, -0.15) is 0 Å². The van der Waals surface area contributed by atoms with Crippen molar-refractivity contribution in [3.63, 3.8) is 0 Å². The maximum Gasteiger partial charge on any atom is 0.333 e. The predicted molar refractivity (Wildman–Crippen MR) is 420 cm³/mol. The summed E-state index contributed by atoms with van der Waals surface area (Å²) in [6.45, 7) is 28.3. The topological polar surface area (TPSA) is 148 Å². The highest BCUT2D eigenvalue weighted by molar-refractivity contribution is 5.84. The smallest absolute Gasteiger partial charge is 0.260 e. The zero-order chi connectivity index (χ0) is 73.9. The molecule has 104 heavy (non-hydrogen) atoms. The Morgan fingerprint density at radius 1 is 0.298 bits per heavy atom. The van der Waals surface area contributed by atoms with Gasteiger partial charge in [0.15, 0.2) is 0 Å². The molecule has 524 valence electrons. The first-order valence-electron chi connectivity index (χ1n) is 36.0. The molecular weight excluding hydrogens is 1280 g/mol. The molecule has 0 N–H and O–H groups in total. The summed E-state index contributed by atoms with van der Waals surface area (Å²) >= 11 is 0. The van der Waals surface area contributed by atoms with Crippen LogP contribution in [0.1, 0.15) is 117 Å². The average molecular weight is 1380 g/mol. The summed E-state index contributed by atoms with van der Waals surface area (Å²) in [4.78, 5) is 45.9. The van der Waals surface area contributed by atoms with Crippen molar-refractivity contribution in [2.45, 2.75) is 115 Å². The van der Waals surface area contributed by atoms with Crippen molar-refractivity contribution in [2.24, 2.45) is 47.1 Å². The van der Waals surface area contributed by atoms with E-state index in [-0.39, 0.29) is 0 Å². The Hall–Kier alpha value is -11.5. The lowest BCUT2D eigenvalue weighted by Crippen LogP contribution is -2.32. The Labute approximate surface area is 612 Å². The van der Waals surface area contributed by atoms with E-state index in [0.717, 1.165) is 108 Å². The Balaban J connectivity index is 0.000000130. The molecule has 0 atom stereocenters. The molecular formula is C89H98N15+5. The van der Waals surface area contributed by atoms with E-state index in [1.807, 2.05) is 75.5 Å². The van der Waals surface area contributed by atoms with Crippen molar-refractivity contribution in [1.29, 1.82) is 0 Å². The molecule has 0 bridgehead atoms. The standard InChI is InChI=1S/2C19H22N3.2C18H20N3.C15H14N3/c1-13(2)9-15-10-20-11-18-17(15)12-22(4)19(21-18)16-8-6-5-7-14(16)3;1-13(2)11-15-9-10-20-18-17(15)12-22(4)19(21-18)16-8-6-5-7-14(16)3;1-12(2)15-9-19-10-17-16(15)11-21(4)18(20-17)14-8-6-5-7-13(14)3;1-12(2)14-9-10-19-17-16(14)11-21(4)18(20-17)15-8-6-5-7-13(15)3;1-11-5-3-4-6-13(11)15-17-14-9-16-8-7-12(14)10-18(15)2/h5-8,10-13H,9H2,1-4H3;5-10,12-13H,11H2,1-4H3;2*5-12H,1-4H3;3-10H,1-2H3/q5*+1. The van der Waals surface area contributed by atoms with Crippen LogP contribution in [-0.2, 0) is 48.1 Å². The monoisotopic (exact) mass is 1380 g/mol. The Kier molecular flexibility index (Phi) is 23.5. The number of hydrogen-bond donors (Lipinski definition) is 0. The van der Waals surface area contributed by atoms with Gasteiger partial charge in [-0.25, -0.2) is 32.8 Å². The Bertz CT molecular complexity index is 5290. The van der Waals surface area contributed by atoms with Crippen LogP contribution < -0.4 is 22.8 Å². The van der Waals surface area contributed by atoms with Crippen molar-refractivity contribution in [3.05, 3.63) is 270 Å². The molecule has 0 unspecified atom stereocenters. The van der Waals surface area contributed by atoms with E-state index in [2.05, 4.69) is 305 Å². The zero-order valence-electron chi connectivity index (χ0n) is 63.7. The SMILES string of the molecule is Cc1ccccc1-c1nc2cncc(C(C)C)c2c[n+]1C.Cc1ccccc1-c1nc2cncc(CC(C)C)c2c[n+]1C.Cc1ccccc1-c1nc2cnccc2c[n+]1C.Cc1ccccc1-c1nc2nccc(C(C)C)c2c[n+]1C.Cc1ccccc1-c1nc2nccc(CC(C)C)c2c[n+]1C. The van der Waals surface area contributed by atoms with Crippen LogP contribution in [0.4, 0.5) is 0 Å². The summed E-state index contributed by atoms with van der Waals surface area (Å²) in [5, 5.41) is 5.76. The second-order valence-corrected chi connectivity index (χ2v) is 28.6. The van der Waals surface area contributed by atoms with E-state index < -0.39 is 0 Å². The minimum Gasteiger partial charge on any atom is -0.260 e. The van der Waals surface area contributed by atoms with E-state index >= 15 is 0 Å². The number of rotatable bonds is 11. The van der Waals surface area contributed by atoms with Crippen molar-refractivity contribution in [1.82, 2.24) is 49.8 Å². The molecule has 5 aromatic carbocycles. The van der Waals surface area contributed by atoms with Gasteiger partial charge in [0.25, 0.3) is 11.3 Å². The zero-order valence-corrected chi connectivity index (χ0v) is 63.7. The average Bonchev–Trinajstić information content (AvgIpc) is 0.798. The molecule has 0 fully saturated rings. The van der Waals surface area contributed by atoms with Crippen LogP contribution in [0.15, 0.2) is 220 Å². The third kappa shape index (κ3) is 17.0. The second kappa shape index (κ2) is 33.1. The number of aryl methyl sites for hydroxylation is 10. The van der Waals surface area contributed by atoms with E-state index in [0.29, 0.717) is 23.7 Å². The highest BCUT2D eigenvalue weighted by Crippen LogP contribution is 2.30. The van der Waals surface area contributed by atoms with Crippen LogP contribution in [0.3, 0.4) is 0 Å². The molecule has 15 nitrogen and oxygen atoms in total. The van der Waals surface area contributed by atoms with Gasteiger partial charge in [0, 0.05) is 31.0 Å². The number of hydrogen-bond acceptors (Lipinski definition) is 10. The van der Waals surface area contributed by atoms with Crippen LogP contribution >= 0.6 is 0 Å². The molecule has 0 aliphatic rings. The van der Waals surface area contributed by atoms with Gasteiger partial charge in [0.05, 0.1) is 109 Å². The normalized spacial score (nSPS) is 11.2. The van der Waals surface area contributed by atoms with E-state index in [4.69, 9.17) is 24.9 Å². The molecule has 10 aromatic heterocycles. The predicted octanol–water partition coefficient (Wildman–Crippen LogP) is 16.8. The second-order valence-electron chi connectivity index (χ2n) is 28.6. The Morgan fingerprint density at radius 2 is 0.654 bits per heavy atom. The van der Waals surface area contributed by atoms with Crippen LogP contribution in [0.2, 0.25) is 0 Å². The van der Waals surface area contributed by atoms with Crippen LogP contribution in [0.25, 0.3) is 112 Å². The Morgan fingerprint density at radius 3 is 1.11 bits per heavy atom. The van der Waals surface area contributed by atoms with Crippen LogP contribution in [0, 0.1) is 46.5 Å². The molecule has 15 heteroatoms. The van der Waals surface area contributed by atoms with E-state index in [1.54, 1.807) is 12.4 Å². The van der Waals surface area contributed by atoms with E-state index in [1.165, 1.54) is 66.4 Å². The maximum absolute atomic E-state index is 4.87. The number of fused-ring (bicyclic) bond motifs is 5. The summed E-state index contributed by atoms with van der Waals surface area (Å²) in [7, 11) is 10.2. The van der Waals surface area contributed by atoms with E-state index in [9.17, 15) is 0 Å². The quantitative estimate of drug-likeness (QED) is 0.115. The lowest BCUT2D eigenvalue weighted by atomic mass is 10.0. The molecule has 0 saturated carbocycles. The minimum absolute atomic E-state index is 0.437. The summed E-state index contributed by atoms with van der Waals surface area (Å²) in [6.07, 6.45) is 27.8. The first-order valence-corrected chi connectivity index (χ1v) is 36.0. The van der Waals surface area contributed by atoms with Gasteiger partial charge in [-0.3, -0.25) is 15.0 Å². The maximum atomic E-state index is 4.87. The van der Waals surface area contributed by atoms with Gasteiger partial charge in [-0.1, -0.05) is 146 Å². The van der Waals surface area contributed by atoms with Crippen LogP contribution in [-0.4, -0.2) is 49.8 Å². The molecule has 15 rings (SSSR count). The lowest BCUT2D eigenvalue weighted by Gasteiger charge is -2.08. The fourth-order valence-electron chi connectivity index (χ4n) is 13.3. The minimum atomic E-state index is 0.437. The first-order chi connectivity index (χ1) is 50.0. The fraction of sp³-hybridized carbons (Fsp3) is 0.270. The summed E-state index contributed by atoms with van der Waals surface area (Å²) in [6, 6.07) is 47.8. The third-order valence-corrected chi connectivity index (χ3v) is 18.8. The molecule has 0 amide bonds. The summed E-state index contributed by atoms with van der Waals surface area (Å²) in [5.74, 6) is 6.95. The molecule has 0 aliphatic carbocycles. The largest absolute Gasteiger partial charge is 0.333 e. The van der Waals surface area contributed by atoms with Gasteiger partial charge in [-0.15, -0.1) is 0 Å². The number of benzene rings is 5. The van der Waals surface area contributed by atoms with Crippen molar-refractivity contribution < 1.29 is 22.8 Å². The van der Waals surface area contributed by atoms with Gasteiger partial charge >= 0.3 is 29.1 Å². The molecule has 0 radical (unpaired) electrons. The van der Waals surface area contributed by atoms with Crippen molar-refractivity contribution in [2.75, 3.05) is 0 Å². The molecule has 15 aromatic rings. The first kappa shape index (κ1) is 73.8. The fourth-order valence-corrected chi connectivity index (χ4v) is 13.3. The summed E-state index contributed by atoms with van der Waals surface area (Å²) < 4.78 is 10.5. The van der Waals surface area contributed by atoms with Gasteiger partial charge in [0.2, 0.25) is 16.6 Å². The molecule has 0 spiro atoms. The van der Waals surface area contributed by atoms with Crippen LogP contribution in [0.5, 0.6) is 0 Å². The summed E-state index contributed by atoms with van der Waals surface area (Å²) in [5.41, 5.74) is 21.5.